The first kappa shape index (κ1) is 18.4. The lowest BCUT2D eigenvalue weighted by molar-refractivity contribution is 0.542. The topological polar surface area (TPSA) is 37.8 Å². The normalized spacial score (nSPS) is 11.3. The molecule has 0 unspecified atom stereocenters. The van der Waals surface area contributed by atoms with Crippen LogP contribution in [-0.2, 0) is 12.2 Å². The summed E-state index contributed by atoms with van der Waals surface area (Å²) in [5.74, 6) is 3.83. The highest BCUT2D eigenvalue weighted by molar-refractivity contribution is 7.98. The minimum Gasteiger partial charge on any atom is -0.316 e. The van der Waals surface area contributed by atoms with Crippen molar-refractivity contribution in [2.24, 2.45) is 5.92 Å². The van der Waals surface area contributed by atoms with E-state index in [1.807, 2.05) is 11.8 Å². The zero-order valence-electron chi connectivity index (χ0n) is 14.3. The van der Waals surface area contributed by atoms with Gasteiger partial charge in [0.15, 0.2) is 0 Å². The van der Waals surface area contributed by atoms with Gasteiger partial charge in [-0.05, 0) is 63.4 Å². The molecule has 1 aromatic rings. The van der Waals surface area contributed by atoms with Crippen molar-refractivity contribution in [3.8, 4) is 0 Å². The van der Waals surface area contributed by atoms with Crippen molar-refractivity contribution in [1.29, 1.82) is 0 Å². The molecule has 1 aromatic heterocycles. The maximum Gasteiger partial charge on any atom is 0.138 e. The number of rotatable bonds is 10. The second kappa shape index (κ2) is 10.2. The smallest absolute Gasteiger partial charge is 0.138 e. The van der Waals surface area contributed by atoms with E-state index in [9.17, 15) is 0 Å². The molecule has 0 aromatic carbocycles. The molecule has 0 amide bonds. The van der Waals surface area contributed by atoms with Crippen LogP contribution in [0.25, 0.3) is 0 Å². The number of hydrogen-bond donors (Lipinski definition) is 1. The summed E-state index contributed by atoms with van der Waals surface area (Å²) in [6, 6.07) is 0. The first-order chi connectivity index (χ1) is 10.0. The van der Waals surface area contributed by atoms with E-state index in [0.717, 1.165) is 43.4 Å². The summed E-state index contributed by atoms with van der Waals surface area (Å²) in [5.41, 5.74) is 3.67. The molecule has 3 nitrogen and oxygen atoms in total. The summed E-state index contributed by atoms with van der Waals surface area (Å²) in [5, 5.41) is 3.50. The summed E-state index contributed by atoms with van der Waals surface area (Å²) in [7, 11) is 0. The molecule has 1 rings (SSSR count). The van der Waals surface area contributed by atoms with Crippen LogP contribution in [0.3, 0.4) is 0 Å². The lowest BCUT2D eigenvalue weighted by atomic mass is 10.1. The zero-order chi connectivity index (χ0) is 15.7. The average molecular weight is 310 g/mol. The molecule has 0 spiro atoms. The third kappa shape index (κ3) is 7.28. The van der Waals surface area contributed by atoms with Gasteiger partial charge in [-0.15, -0.1) is 0 Å². The Labute approximate surface area is 134 Å². The molecular formula is C17H31N3S. The van der Waals surface area contributed by atoms with E-state index in [2.05, 4.69) is 49.9 Å². The van der Waals surface area contributed by atoms with Gasteiger partial charge in [-0.1, -0.05) is 20.8 Å². The SMILES string of the molecule is CCCSCc1nc(C)c(CCCNCC(C)C)c(C)n1. The first-order valence-corrected chi connectivity index (χ1v) is 9.31. The van der Waals surface area contributed by atoms with Gasteiger partial charge in [0.05, 0.1) is 5.75 Å². The Balaban J connectivity index is 2.47. The van der Waals surface area contributed by atoms with Crippen LogP contribution in [0.1, 0.15) is 56.4 Å². The van der Waals surface area contributed by atoms with Gasteiger partial charge in [0, 0.05) is 11.4 Å². The lowest BCUT2D eigenvalue weighted by Crippen LogP contribution is -2.21. The molecule has 0 radical (unpaired) electrons. The maximum absolute atomic E-state index is 4.68. The van der Waals surface area contributed by atoms with Gasteiger partial charge >= 0.3 is 0 Å². The quantitative estimate of drug-likeness (QED) is 0.665. The third-order valence-corrected chi connectivity index (χ3v) is 4.54. The van der Waals surface area contributed by atoms with Gasteiger partial charge < -0.3 is 5.32 Å². The molecule has 0 aliphatic rings. The summed E-state index contributed by atoms with van der Waals surface area (Å²) >= 11 is 1.92. The van der Waals surface area contributed by atoms with Crippen LogP contribution in [0.15, 0.2) is 0 Å². The molecule has 0 bridgehead atoms. The molecule has 4 heteroatoms. The molecular weight excluding hydrogens is 278 g/mol. The van der Waals surface area contributed by atoms with Gasteiger partial charge in [-0.25, -0.2) is 9.97 Å². The molecule has 0 saturated heterocycles. The Morgan fingerprint density at radius 3 is 2.38 bits per heavy atom. The summed E-state index contributed by atoms with van der Waals surface area (Å²) < 4.78 is 0. The average Bonchev–Trinajstić information content (AvgIpc) is 2.41. The Morgan fingerprint density at radius 2 is 1.81 bits per heavy atom. The van der Waals surface area contributed by atoms with Crippen molar-refractivity contribution >= 4 is 11.8 Å². The van der Waals surface area contributed by atoms with E-state index in [0.29, 0.717) is 0 Å². The van der Waals surface area contributed by atoms with Crippen molar-refractivity contribution in [1.82, 2.24) is 15.3 Å². The number of thioether (sulfide) groups is 1. The fourth-order valence-electron chi connectivity index (χ4n) is 2.32. The molecule has 1 N–H and O–H groups in total. The number of nitrogens with one attached hydrogen (secondary N) is 1. The fourth-order valence-corrected chi connectivity index (χ4v) is 3.07. The van der Waals surface area contributed by atoms with Gasteiger partial charge in [-0.2, -0.15) is 11.8 Å². The van der Waals surface area contributed by atoms with Crippen LogP contribution in [0, 0.1) is 19.8 Å². The van der Waals surface area contributed by atoms with Crippen molar-refractivity contribution < 1.29 is 0 Å². The van der Waals surface area contributed by atoms with Crippen LogP contribution in [-0.4, -0.2) is 28.8 Å². The van der Waals surface area contributed by atoms with Crippen molar-refractivity contribution in [3.63, 3.8) is 0 Å². The molecule has 0 aliphatic carbocycles. The number of nitrogens with zero attached hydrogens (tertiary/aromatic N) is 2. The summed E-state index contributed by atoms with van der Waals surface area (Å²) in [4.78, 5) is 9.36. The Bertz CT molecular complexity index is 395. The molecule has 120 valence electrons. The van der Waals surface area contributed by atoms with E-state index in [4.69, 9.17) is 0 Å². The molecule has 0 fully saturated rings. The first-order valence-electron chi connectivity index (χ1n) is 8.16. The third-order valence-electron chi connectivity index (χ3n) is 3.38. The second-order valence-electron chi connectivity index (χ2n) is 6.04. The standard InChI is InChI=1S/C17H31N3S/c1-6-10-21-12-17-19-14(4)16(15(5)20-17)8-7-9-18-11-13(2)3/h13,18H,6-12H2,1-5H3. The van der Waals surface area contributed by atoms with E-state index < -0.39 is 0 Å². The zero-order valence-corrected chi connectivity index (χ0v) is 15.1. The molecule has 0 saturated carbocycles. The van der Waals surface area contributed by atoms with Crippen molar-refractivity contribution in [3.05, 3.63) is 22.8 Å². The van der Waals surface area contributed by atoms with Crippen LogP contribution in [0.5, 0.6) is 0 Å². The molecule has 0 aliphatic heterocycles. The van der Waals surface area contributed by atoms with Crippen LogP contribution < -0.4 is 5.32 Å². The minimum atomic E-state index is 0.719. The predicted molar refractivity (Wildman–Crippen MR) is 94.0 cm³/mol. The second-order valence-corrected chi connectivity index (χ2v) is 7.15. The Hall–Kier alpha value is -0.610. The van der Waals surface area contributed by atoms with Crippen LogP contribution >= 0.6 is 11.8 Å². The maximum atomic E-state index is 4.68. The number of aryl methyl sites for hydroxylation is 2. The molecule has 0 atom stereocenters. The summed E-state index contributed by atoms with van der Waals surface area (Å²) in [6.45, 7) is 13.1. The van der Waals surface area contributed by atoms with E-state index in [-0.39, 0.29) is 0 Å². The van der Waals surface area contributed by atoms with E-state index in [1.54, 1.807) is 0 Å². The van der Waals surface area contributed by atoms with Gasteiger partial charge in [0.25, 0.3) is 0 Å². The van der Waals surface area contributed by atoms with Gasteiger partial charge in [0.1, 0.15) is 5.82 Å². The highest BCUT2D eigenvalue weighted by Gasteiger charge is 2.08. The van der Waals surface area contributed by atoms with E-state index in [1.165, 1.54) is 29.1 Å². The lowest BCUT2D eigenvalue weighted by Gasteiger charge is -2.12. The predicted octanol–water partition coefficient (Wildman–Crippen LogP) is 3.91. The van der Waals surface area contributed by atoms with E-state index >= 15 is 0 Å². The Morgan fingerprint density at radius 1 is 1.14 bits per heavy atom. The minimum absolute atomic E-state index is 0.719. The number of aromatic nitrogens is 2. The van der Waals surface area contributed by atoms with Crippen molar-refractivity contribution in [2.45, 2.75) is 59.6 Å². The molecule has 21 heavy (non-hydrogen) atoms. The van der Waals surface area contributed by atoms with Crippen LogP contribution in [0.4, 0.5) is 0 Å². The monoisotopic (exact) mass is 309 g/mol. The highest BCUT2D eigenvalue weighted by Crippen LogP contribution is 2.16. The Kier molecular flexibility index (Phi) is 8.93. The van der Waals surface area contributed by atoms with Gasteiger partial charge in [0.2, 0.25) is 0 Å². The largest absolute Gasteiger partial charge is 0.316 e. The van der Waals surface area contributed by atoms with Crippen LogP contribution in [0.2, 0.25) is 0 Å². The fraction of sp³-hybridized carbons (Fsp3) is 0.765. The van der Waals surface area contributed by atoms with Crippen molar-refractivity contribution in [2.75, 3.05) is 18.8 Å². The van der Waals surface area contributed by atoms with Gasteiger partial charge in [-0.3, -0.25) is 0 Å². The summed E-state index contributed by atoms with van der Waals surface area (Å²) in [6.07, 6.45) is 3.44. The molecule has 1 heterocycles. The highest BCUT2D eigenvalue weighted by atomic mass is 32.2. The number of hydrogen-bond acceptors (Lipinski definition) is 4.